The van der Waals surface area contributed by atoms with Gasteiger partial charge in [-0.2, -0.15) is 0 Å². The molecule has 1 atom stereocenters. The first-order chi connectivity index (χ1) is 6.40. The summed E-state index contributed by atoms with van der Waals surface area (Å²) in [6.07, 6.45) is 1.54. The van der Waals surface area contributed by atoms with Crippen molar-refractivity contribution >= 4 is 5.91 Å². The van der Waals surface area contributed by atoms with E-state index in [-0.39, 0.29) is 5.54 Å². The molecule has 1 amide bonds. The molecule has 1 heterocycles. The lowest BCUT2D eigenvalue weighted by Gasteiger charge is -2.29. The molecule has 82 valence electrons. The number of rotatable bonds is 3. The van der Waals surface area contributed by atoms with Crippen molar-refractivity contribution in [2.45, 2.75) is 44.8 Å². The quantitative estimate of drug-likeness (QED) is 0.753. The minimum atomic E-state index is -1.81. The van der Waals surface area contributed by atoms with Gasteiger partial charge in [0.1, 0.15) is 0 Å². The van der Waals surface area contributed by atoms with Crippen molar-refractivity contribution in [1.82, 2.24) is 5.32 Å². The summed E-state index contributed by atoms with van der Waals surface area (Å²) in [7, 11) is 0. The van der Waals surface area contributed by atoms with E-state index in [2.05, 4.69) is 5.32 Å². The Kier molecular flexibility index (Phi) is 3.14. The Bertz CT molecular complexity index is 217. The van der Waals surface area contributed by atoms with Crippen LogP contribution in [0.25, 0.3) is 0 Å². The minimum Gasteiger partial charge on any atom is -0.379 e. The van der Waals surface area contributed by atoms with Gasteiger partial charge < -0.3 is 10.1 Å². The highest BCUT2D eigenvalue weighted by atomic mass is 19.1. The molecule has 4 heteroatoms. The average Bonchev–Trinajstić information content (AvgIpc) is 2.52. The Morgan fingerprint density at radius 1 is 1.64 bits per heavy atom. The minimum absolute atomic E-state index is 0.347. The second kappa shape index (κ2) is 3.85. The molecule has 1 N–H and O–H groups in total. The van der Waals surface area contributed by atoms with E-state index in [0.717, 1.165) is 12.8 Å². The van der Waals surface area contributed by atoms with Crippen LogP contribution in [0, 0.1) is 0 Å². The van der Waals surface area contributed by atoms with Gasteiger partial charge in [0.25, 0.3) is 5.91 Å². The van der Waals surface area contributed by atoms with Crippen LogP contribution >= 0.6 is 0 Å². The number of hydrogen-bond acceptors (Lipinski definition) is 2. The van der Waals surface area contributed by atoms with Crippen LogP contribution in [0.15, 0.2) is 0 Å². The predicted octanol–water partition coefficient (Wildman–Crippen LogP) is 1.42. The molecule has 1 fully saturated rings. The third-order valence-corrected chi connectivity index (χ3v) is 2.70. The molecule has 0 spiro atoms. The van der Waals surface area contributed by atoms with Crippen molar-refractivity contribution in [1.29, 1.82) is 0 Å². The first kappa shape index (κ1) is 11.4. The zero-order chi connectivity index (χ0) is 10.8. The maximum atomic E-state index is 13.3. The highest BCUT2D eigenvalue weighted by Gasteiger charge is 2.38. The van der Waals surface area contributed by atoms with Gasteiger partial charge in [0.2, 0.25) is 0 Å². The molecule has 14 heavy (non-hydrogen) atoms. The Labute approximate surface area is 84.0 Å². The van der Waals surface area contributed by atoms with Crippen molar-refractivity contribution in [3.8, 4) is 0 Å². The third kappa shape index (κ3) is 2.44. The molecule has 0 saturated carbocycles. The van der Waals surface area contributed by atoms with Crippen molar-refractivity contribution in [2.75, 3.05) is 13.2 Å². The van der Waals surface area contributed by atoms with Gasteiger partial charge >= 0.3 is 0 Å². The first-order valence-corrected chi connectivity index (χ1v) is 4.99. The summed E-state index contributed by atoms with van der Waals surface area (Å²) >= 11 is 0. The lowest BCUT2D eigenvalue weighted by atomic mass is 9.94. The maximum Gasteiger partial charge on any atom is 0.257 e. The highest BCUT2D eigenvalue weighted by molar-refractivity contribution is 5.84. The van der Waals surface area contributed by atoms with Crippen LogP contribution in [0.1, 0.15) is 33.6 Å². The van der Waals surface area contributed by atoms with Gasteiger partial charge in [-0.05, 0) is 26.7 Å². The molecule has 1 unspecified atom stereocenters. The Balaban J connectivity index is 2.61. The molecule has 1 rings (SSSR count). The standard InChI is InChI=1S/C10H18FNO2/c1-4-10(5-6-14-7-10)12-8(13)9(2,3)11/h4-7H2,1-3H3,(H,12,13). The molecule has 1 aliphatic heterocycles. The summed E-state index contributed by atoms with van der Waals surface area (Å²) in [6.45, 7) is 5.63. The zero-order valence-corrected chi connectivity index (χ0v) is 9.02. The van der Waals surface area contributed by atoms with Crippen molar-refractivity contribution in [3.05, 3.63) is 0 Å². The molecule has 1 aliphatic rings. The van der Waals surface area contributed by atoms with Crippen LogP contribution in [-0.2, 0) is 9.53 Å². The van der Waals surface area contributed by atoms with Crippen molar-refractivity contribution in [2.24, 2.45) is 0 Å². The van der Waals surface area contributed by atoms with E-state index in [4.69, 9.17) is 4.74 Å². The summed E-state index contributed by atoms with van der Waals surface area (Å²) in [4.78, 5) is 11.4. The second-order valence-electron chi connectivity index (χ2n) is 4.36. The number of nitrogens with one attached hydrogen (secondary N) is 1. The van der Waals surface area contributed by atoms with Gasteiger partial charge in [0.05, 0.1) is 12.1 Å². The second-order valence-corrected chi connectivity index (χ2v) is 4.36. The number of ether oxygens (including phenoxy) is 1. The molecule has 0 radical (unpaired) electrons. The number of alkyl halides is 1. The third-order valence-electron chi connectivity index (χ3n) is 2.70. The van der Waals surface area contributed by atoms with E-state index in [0.29, 0.717) is 13.2 Å². The van der Waals surface area contributed by atoms with Gasteiger partial charge in [-0.3, -0.25) is 4.79 Å². The smallest absolute Gasteiger partial charge is 0.257 e. The van der Waals surface area contributed by atoms with E-state index in [1.807, 2.05) is 6.92 Å². The van der Waals surface area contributed by atoms with Crippen LogP contribution in [0.4, 0.5) is 4.39 Å². The summed E-state index contributed by atoms with van der Waals surface area (Å²) in [5, 5.41) is 2.74. The number of carbonyl (C=O) groups is 1. The van der Waals surface area contributed by atoms with Gasteiger partial charge in [0.15, 0.2) is 5.67 Å². The van der Waals surface area contributed by atoms with Gasteiger partial charge in [-0.15, -0.1) is 0 Å². The Hall–Kier alpha value is -0.640. The number of halogens is 1. The maximum absolute atomic E-state index is 13.3. The van der Waals surface area contributed by atoms with E-state index in [1.165, 1.54) is 13.8 Å². The largest absolute Gasteiger partial charge is 0.379 e. The van der Waals surface area contributed by atoms with Crippen LogP contribution < -0.4 is 5.32 Å². The van der Waals surface area contributed by atoms with E-state index >= 15 is 0 Å². The van der Waals surface area contributed by atoms with Gasteiger partial charge in [0, 0.05) is 6.61 Å². The van der Waals surface area contributed by atoms with Crippen LogP contribution in [0.3, 0.4) is 0 Å². The summed E-state index contributed by atoms with van der Waals surface area (Å²) < 4.78 is 18.5. The van der Waals surface area contributed by atoms with Crippen molar-refractivity contribution < 1.29 is 13.9 Å². The normalized spacial score (nSPS) is 27.7. The molecule has 0 aromatic rings. The van der Waals surface area contributed by atoms with E-state index in [9.17, 15) is 9.18 Å². The summed E-state index contributed by atoms with van der Waals surface area (Å²) in [5.41, 5.74) is -2.16. The predicted molar refractivity (Wildman–Crippen MR) is 51.8 cm³/mol. The number of carbonyl (C=O) groups excluding carboxylic acids is 1. The van der Waals surface area contributed by atoms with Crippen LogP contribution in [-0.4, -0.2) is 30.3 Å². The molecular formula is C10H18FNO2. The first-order valence-electron chi connectivity index (χ1n) is 4.99. The fraction of sp³-hybridized carbons (Fsp3) is 0.900. The molecule has 1 saturated heterocycles. The van der Waals surface area contributed by atoms with Gasteiger partial charge in [-0.25, -0.2) is 4.39 Å². The topological polar surface area (TPSA) is 38.3 Å². The SMILES string of the molecule is CCC1(NC(=O)C(C)(C)F)CCOC1. The highest BCUT2D eigenvalue weighted by Crippen LogP contribution is 2.23. The van der Waals surface area contributed by atoms with Gasteiger partial charge in [-0.1, -0.05) is 6.92 Å². The van der Waals surface area contributed by atoms with Crippen LogP contribution in [0.2, 0.25) is 0 Å². The Morgan fingerprint density at radius 3 is 2.64 bits per heavy atom. The average molecular weight is 203 g/mol. The lowest BCUT2D eigenvalue weighted by Crippen LogP contribution is -2.53. The van der Waals surface area contributed by atoms with E-state index in [1.54, 1.807) is 0 Å². The fourth-order valence-corrected chi connectivity index (χ4v) is 1.46. The zero-order valence-electron chi connectivity index (χ0n) is 9.02. The molecule has 0 aromatic heterocycles. The molecule has 0 bridgehead atoms. The molecular weight excluding hydrogens is 185 g/mol. The summed E-state index contributed by atoms with van der Waals surface area (Å²) in [5.74, 6) is -0.551. The fourth-order valence-electron chi connectivity index (χ4n) is 1.46. The lowest BCUT2D eigenvalue weighted by molar-refractivity contribution is -0.133. The number of hydrogen-bond donors (Lipinski definition) is 1. The number of amides is 1. The van der Waals surface area contributed by atoms with E-state index < -0.39 is 11.6 Å². The Morgan fingerprint density at radius 2 is 2.29 bits per heavy atom. The molecule has 3 nitrogen and oxygen atoms in total. The summed E-state index contributed by atoms with van der Waals surface area (Å²) in [6, 6.07) is 0. The van der Waals surface area contributed by atoms with Crippen LogP contribution in [0.5, 0.6) is 0 Å². The molecule has 0 aromatic carbocycles. The monoisotopic (exact) mass is 203 g/mol. The van der Waals surface area contributed by atoms with Crippen molar-refractivity contribution in [3.63, 3.8) is 0 Å². The molecule has 0 aliphatic carbocycles.